The van der Waals surface area contributed by atoms with Gasteiger partial charge in [-0.2, -0.15) is 5.10 Å². The van der Waals surface area contributed by atoms with E-state index in [4.69, 9.17) is 0 Å². The molecule has 1 atom stereocenters. The van der Waals surface area contributed by atoms with E-state index >= 15 is 0 Å². The topological polar surface area (TPSA) is 29.9 Å². The summed E-state index contributed by atoms with van der Waals surface area (Å²) in [7, 11) is 4.03. The van der Waals surface area contributed by atoms with Crippen LogP contribution in [0.25, 0.3) is 0 Å². The highest BCUT2D eigenvalue weighted by atomic mass is 15.3. The van der Waals surface area contributed by atoms with E-state index in [1.807, 2.05) is 18.8 Å². The van der Waals surface area contributed by atoms with Crippen LogP contribution in [0.15, 0.2) is 11.6 Å². The quantitative estimate of drug-likeness (QED) is 0.795. The van der Waals surface area contributed by atoms with Crippen molar-refractivity contribution in [3.63, 3.8) is 0 Å². The lowest BCUT2D eigenvalue weighted by atomic mass is 10.0. The summed E-state index contributed by atoms with van der Waals surface area (Å²) in [5, 5.41) is 7.80. The van der Waals surface area contributed by atoms with E-state index in [9.17, 15) is 0 Å². The molecule has 0 saturated heterocycles. The zero-order valence-corrected chi connectivity index (χ0v) is 12.0. The van der Waals surface area contributed by atoms with Crippen molar-refractivity contribution in [1.82, 2.24) is 15.1 Å². The molecule has 0 aliphatic heterocycles. The van der Waals surface area contributed by atoms with Crippen LogP contribution in [0.4, 0.5) is 0 Å². The molecule has 3 heteroatoms. The van der Waals surface area contributed by atoms with Gasteiger partial charge in [0.15, 0.2) is 0 Å². The first kappa shape index (κ1) is 14.0. The van der Waals surface area contributed by atoms with Crippen LogP contribution in [-0.2, 0) is 13.5 Å². The smallest absolute Gasteiger partial charge is 0.0628 e. The molecule has 1 heterocycles. The van der Waals surface area contributed by atoms with Crippen LogP contribution in [0, 0.1) is 13.8 Å². The summed E-state index contributed by atoms with van der Waals surface area (Å²) in [6.45, 7) is 8.53. The maximum Gasteiger partial charge on any atom is 0.0628 e. The average molecular weight is 235 g/mol. The van der Waals surface area contributed by atoms with Crippen molar-refractivity contribution in [2.75, 3.05) is 7.05 Å². The molecule has 0 aliphatic rings. The number of aromatic nitrogens is 2. The Bertz CT molecular complexity index is 398. The molecule has 0 fully saturated rings. The van der Waals surface area contributed by atoms with Crippen LogP contribution in [0.2, 0.25) is 0 Å². The molecule has 3 nitrogen and oxygen atoms in total. The Balaban J connectivity index is 2.69. The number of rotatable bonds is 5. The summed E-state index contributed by atoms with van der Waals surface area (Å²) in [5.74, 6) is 0. The first-order valence-corrected chi connectivity index (χ1v) is 6.27. The van der Waals surface area contributed by atoms with E-state index < -0.39 is 0 Å². The molecule has 17 heavy (non-hydrogen) atoms. The number of aryl methyl sites for hydroxylation is 2. The summed E-state index contributed by atoms with van der Waals surface area (Å²) in [6, 6.07) is 0.457. The van der Waals surface area contributed by atoms with Crippen molar-refractivity contribution in [2.45, 2.75) is 46.6 Å². The molecule has 0 radical (unpaired) electrons. The molecule has 0 saturated carbocycles. The molecule has 0 amide bonds. The van der Waals surface area contributed by atoms with Gasteiger partial charge in [0.1, 0.15) is 0 Å². The second-order valence-corrected chi connectivity index (χ2v) is 4.95. The van der Waals surface area contributed by atoms with E-state index in [2.05, 4.69) is 44.2 Å². The van der Waals surface area contributed by atoms with Crippen LogP contribution >= 0.6 is 0 Å². The molecule has 1 aromatic rings. The zero-order chi connectivity index (χ0) is 13.0. The van der Waals surface area contributed by atoms with E-state index in [0.717, 1.165) is 18.5 Å². The highest BCUT2D eigenvalue weighted by Crippen LogP contribution is 2.15. The zero-order valence-electron chi connectivity index (χ0n) is 12.0. The Labute approximate surface area is 105 Å². The lowest BCUT2D eigenvalue weighted by Crippen LogP contribution is -2.23. The van der Waals surface area contributed by atoms with Crippen LogP contribution in [0.3, 0.4) is 0 Å². The fourth-order valence-electron chi connectivity index (χ4n) is 2.19. The van der Waals surface area contributed by atoms with E-state index in [0.29, 0.717) is 6.04 Å². The predicted octanol–water partition coefficient (Wildman–Crippen LogP) is 2.52. The lowest BCUT2D eigenvalue weighted by Gasteiger charge is -2.12. The molecule has 0 bridgehead atoms. The monoisotopic (exact) mass is 235 g/mol. The largest absolute Gasteiger partial charge is 0.314 e. The van der Waals surface area contributed by atoms with Crippen molar-refractivity contribution < 1.29 is 0 Å². The van der Waals surface area contributed by atoms with Crippen LogP contribution in [0.5, 0.6) is 0 Å². The van der Waals surface area contributed by atoms with Crippen LogP contribution in [0.1, 0.15) is 37.2 Å². The first-order chi connectivity index (χ1) is 7.95. The van der Waals surface area contributed by atoms with Gasteiger partial charge in [-0.3, -0.25) is 4.68 Å². The second kappa shape index (κ2) is 6.01. The average Bonchev–Trinajstić information content (AvgIpc) is 2.49. The van der Waals surface area contributed by atoms with Gasteiger partial charge in [0.25, 0.3) is 0 Å². The van der Waals surface area contributed by atoms with Gasteiger partial charge in [-0.1, -0.05) is 11.6 Å². The summed E-state index contributed by atoms with van der Waals surface area (Å²) in [6.07, 6.45) is 4.50. The Kier molecular flexibility index (Phi) is 4.94. The van der Waals surface area contributed by atoms with Crippen molar-refractivity contribution in [1.29, 1.82) is 0 Å². The number of hydrogen-bond acceptors (Lipinski definition) is 2. The third kappa shape index (κ3) is 3.70. The Hall–Kier alpha value is -1.09. The summed E-state index contributed by atoms with van der Waals surface area (Å²) in [4.78, 5) is 0. The summed E-state index contributed by atoms with van der Waals surface area (Å²) < 4.78 is 1.97. The Morgan fingerprint density at radius 1 is 1.41 bits per heavy atom. The molecule has 1 aromatic heterocycles. The van der Waals surface area contributed by atoms with E-state index in [-0.39, 0.29) is 0 Å². The highest BCUT2D eigenvalue weighted by molar-refractivity contribution is 5.24. The van der Waals surface area contributed by atoms with Gasteiger partial charge in [-0.25, -0.2) is 0 Å². The third-order valence-electron chi connectivity index (χ3n) is 3.27. The number of likely N-dealkylation sites (N-methyl/N-ethyl adjacent to an activating group) is 1. The van der Waals surface area contributed by atoms with Gasteiger partial charge in [0, 0.05) is 18.8 Å². The van der Waals surface area contributed by atoms with Crippen LogP contribution in [-0.4, -0.2) is 22.9 Å². The minimum absolute atomic E-state index is 0.457. The fourth-order valence-corrected chi connectivity index (χ4v) is 2.19. The molecular formula is C14H25N3. The number of nitrogens with zero attached hydrogens (tertiary/aromatic N) is 2. The summed E-state index contributed by atoms with van der Waals surface area (Å²) in [5.41, 5.74) is 5.21. The minimum atomic E-state index is 0.457. The standard InChI is InChI=1S/C14H25N3/c1-10(2)9-13(15-5)7-8-14-11(3)16-17(6)12(14)4/h9,13,15H,7-8H2,1-6H3. The normalized spacial score (nSPS) is 12.6. The van der Waals surface area contributed by atoms with Crippen molar-refractivity contribution in [2.24, 2.45) is 7.05 Å². The van der Waals surface area contributed by atoms with Gasteiger partial charge in [-0.15, -0.1) is 0 Å². The Morgan fingerprint density at radius 2 is 2.06 bits per heavy atom. The van der Waals surface area contributed by atoms with Gasteiger partial charge in [0.05, 0.1) is 5.69 Å². The molecule has 1 rings (SSSR count). The van der Waals surface area contributed by atoms with Gasteiger partial charge >= 0.3 is 0 Å². The third-order valence-corrected chi connectivity index (χ3v) is 3.27. The van der Waals surface area contributed by atoms with Gasteiger partial charge in [0.2, 0.25) is 0 Å². The number of hydrogen-bond donors (Lipinski definition) is 1. The number of nitrogens with one attached hydrogen (secondary N) is 1. The molecule has 1 N–H and O–H groups in total. The van der Waals surface area contributed by atoms with Crippen molar-refractivity contribution >= 4 is 0 Å². The maximum atomic E-state index is 4.46. The summed E-state index contributed by atoms with van der Waals surface area (Å²) >= 11 is 0. The first-order valence-electron chi connectivity index (χ1n) is 6.27. The molecular weight excluding hydrogens is 210 g/mol. The Morgan fingerprint density at radius 3 is 2.47 bits per heavy atom. The van der Waals surface area contributed by atoms with Crippen LogP contribution < -0.4 is 5.32 Å². The second-order valence-electron chi connectivity index (χ2n) is 4.95. The minimum Gasteiger partial charge on any atom is -0.314 e. The highest BCUT2D eigenvalue weighted by Gasteiger charge is 2.11. The molecule has 0 spiro atoms. The lowest BCUT2D eigenvalue weighted by molar-refractivity contribution is 0.608. The SMILES string of the molecule is CNC(C=C(C)C)CCc1c(C)nn(C)c1C. The van der Waals surface area contributed by atoms with Gasteiger partial charge in [-0.05, 0) is 53.1 Å². The molecule has 1 unspecified atom stereocenters. The van der Waals surface area contributed by atoms with Crippen molar-refractivity contribution in [3.8, 4) is 0 Å². The molecule has 0 aromatic carbocycles. The molecule has 0 aliphatic carbocycles. The van der Waals surface area contributed by atoms with Crippen molar-refractivity contribution in [3.05, 3.63) is 28.6 Å². The predicted molar refractivity (Wildman–Crippen MR) is 73.3 cm³/mol. The van der Waals surface area contributed by atoms with E-state index in [1.54, 1.807) is 0 Å². The van der Waals surface area contributed by atoms with Gasteiger partial charge < -0.3 is 5.32 Å². The fraction of sp³-hybridized carbons (Fsp3) is 0.643. The molecule has 96 valence electrons. The maximum absolute atomic E-state index is 4.46. The number of allylic oxidation sites excluding steroid dienone is 1. The van der Waals surface area contributed by atoms with E-state index in [1.165, 1.54) is 16.8 Å².